The molecule has 2 aromatic heterocycles. The summed E-state index contributed by atoms with van der Waals surface area (Å²) in [6, 6.07) is 10.2. The van der Waals surface area contributed by atoms with E-state index < -0.39 is 0 Å². The molecule has 1 amide bonds. The summed E-state index contributed by atoms with van der Waals surface area (Å²) in [5, 5.41) is 7.61. The highest BCUT2D eigenvalue weighted by Gasteiger charge is 2.21. The summed E-state index contributed by atoms with van der Waals surface area (Å²) in [6.45, 7) is 2.30. The number of hydrogen-bond donors (Lipinski definition) is 1. The van der Waals surface area contributed by atoms with E-state index in [1.165, 1.54) is 6.33 Å². The number of nitrogens with zero attached hydrogens (tertiary/aromatic N) is 6. The van der Waals surface area contributed by atoms with Gasteiger partial charge in [-0.3, -0.25) is 14.5 Å². The Morgan fingerprint density at radius 3 is 2.68 bits per heavy atom. The maximum Gasteiger partial charge on any atom is 0.274 e. The van der Waals surface area contributed by atoms with E-state index in [0.29, 0.717) is 18.1 Å². The highest BCUT2D eigenvalue weighted by atomic mass is 16.2. The van der Waals surface area contributed by atoms with Crippen molar-refractivity contribution in [1.29, 1.82) is 0 Å². The van der Waals surface area contributed by atoms with Gasteiger partial charge in [0.25, 0.3) is 5.91 Å². The van der Waals surface area contributed by atoms with Crippen LogP contribution in [0.3, 0.4) is 0 Å². The largest absolute Gasteiger partial charge is 0.362 e. The Kier molecular flexibility index (Phi) is 5.56. The molecule has 1 unspecified atom stereocenters. The van der Waals surface area contributed by atoms with Crippen molar-refractivity contribution in [3.8, 4) is 0 Å². The van der Waals surface area contributed by atoms with E-state index in [0.717, 1.165) is 37.9 Å². The Morgan fingerprint density at radius 1 is 1.11 bits per heavy atom. The van der Waals surface area contributed by atoms with Crippen molar-refractivity contribution in [1.82, 2.24) is 29.6 Å². The number of carbonyl (C=O) groups is 1. The summed E-state index contributed by atoms with van der Waals surface area (Å²) < 4.78 is 1.80. The van der Waals surface area contributed by atoms with Gasteiger partial charge >= 0.3 is 0 Å². The number of aromatic nitrogens is 5. The predicted molar refractivity (Wildman–Crippen MR) is 105 cm³/mol. The second-order valence-corrected chi connectivity index (χ2v) is 6.84. The topological polar surface area (TPSA) is 88.8 Å². The van der Waals surface area contributed by atoms with Crippen LogP contribution in [-0.4, -0.2) is 48.6 Å². The predicted octanol–water partition coefficient (Wildman–Crippen LogP) is 2.55. The zero-order chi connectivity index (χ0) is 19.2. The highest BCUT2D eigenvalue weighted by Crippen LogP contribution is 2.22. The lowest BCUT2D eigenvalue weighted by atomic mass is 10.0. The number of nitrogens with one attached hydrogen (secondary N) is 1. The van der Waals surface area contributed by atoms with E-state index in [2.05, 4.69) is 37.5 Å². The van der Waals surface area contributed by atoms with Crippen LogP contribution in [0.5, 0.6) is 0 Å². The molecule has 144 valence electrons. The Hall–Kier alpha value is -3.29. The lowest BCUT2D eigenvalue weighted by Gasteiger charge is -2.20. The number of aryl methyl sites for hydroxylation is 1. The van der Waals surface area contributed by atoms with Crippen molar-refractivity contribution < 1.29 is 4.79 Å². The van der Waals surface area contributed by atoms with Crippen molar-refractivity contribution in [3.63, 3.8) is 0 Å². The van der Waals surface area contributed by atoms with Crippen LogP contribution in [0.2, 0.25) is 0 Å². The summed E-state index contributed by atoms with van der Waals surface area (Å²) in [7, 11) is 0. The molecule has 1 saturated heterocycles. The molecule has 0 spiro atoms. The van der Waals surface area contributed by atoms with Crippen LogP contribution in [0.1, 0.15) is 41.4 Å². The van der Waals surface area contributed by atoms with E-state index in [1.54, 1.807) is 23.4 Å². The SMILES string of the molecule is O=C(c1cncc(NC(CCn2cncn2)c2ccccc2)n1)N1CCCC1. The molecule has 1 N–H and O–H groups in total. The fraction of sp³-hybridized carbons (Fsp3) is 0.350. The molecule has 28 heavy (non-hydrogen) atoms. The van der Waals surface area contributed by atoms with Crippen molar-refractivity contribution in [2.75, 3.05) is 18.4 Å². The van der Waals surface area contributed by atoms with Crippen LogP contribution in [0.15, 0.2) is 55.4 Å². The smallest absolute Gasteiger partial charge is 0.274 e. The summed E-state index contributed by atoms with van der Waals surface area (Å²) >= 11 is 0. The number of carbonyl (C=O) groups excluding carboxylic acids is 1. The number of amides is 1. The Labute approximate surface area is 163 Å². The average molecular weight is 377 g/mol. The number of hydrogen-bond acceptors (Lipinski definition) is 6. The Bertz CT molecular complexity index is 892. The van der Waals surface area contributed by atoms with Gasteiger partial charge in [0.05, 0.1) is 18.4 Å². The summed E-state index contributed by atoms with van der Waals surface area (Å²) in [6.07, 6.45) is 9.33. The maximum atomic E-state index is 12.6. The van der Waals surface area contributed by atoms with Crippen LogP contribution in [0, 0.1) is 0 Å². The van der Waals surface area contributed by atoms with Gasteiger partial charge in [-0.05, 0) is 24.8 Å². The summed E-state index contributed by atoms with van der Waals surface area (Å²) in [5.41, 5.74) is 1.52. The van der Waals surface area contributed by atoms with Gasteiger partial charge in [0.2, 0.25) is 0 Å². The van der Waals surface area contributed by atoms with E-state index in [1.807, 2.05) is 23.1 Å². The lowest BCUT2D eigenvalue weighted by molar-refractivity contribution is 0.0786. The third kappa shape index (κ3) is 4.33. The Balaban J connectivity index is 1.51. The molecule has 3 heterocycles. The number of rotatable bonds is 7. The minimum Gasteiger partial charge on any atom is -0.362 e. The van der Waals surface area contributed by atoms with Crippen LogP contribution in [0.25, 0.3) is 0 Å². The number of benzene rings is 1. The van der Waals surface area contributed by atoms with Crippen molar-refractivity contribution in [2.45, 2.75) is 31.8 Å². The Morgan fingerprint density at radius 2 is 1.93 bits per heavy atom. The molecule has 3 aromatic rings. The van der Waals surface area contributed by atoms with Gasteiger partial charge in [0, 0.05) is 19.6 Å². The van der Waals surface area contributed by atoms with E-state index in [-0.39, 0.29) is 11.9 Å². The second kappa shape index (κ2) is 8.60. The van der Waals surface area contributed by atoms with Crippen molar-refractivity contribution in [2.24, 2.45) is 0 Å². The van der Waals surface area contributed by atoms with Crippen LogP contribution in [0.4, 0.5) is 5.82 Å². The van der Waals surface area contributed by atoms with Crippen LogP contribution < -0.4 is 5.32 Å². The minimum atomic E-state index is -0.0486. The molecule has 0 radical (unpaired) electrons. The molecule has 1 aliphatic heterocycles. The highest BCUT2D eigenvalue weighted by molar-refractivity contribution is 5.92. The fourth-order valence-electron chi connectivity index (χ4n) is 3.42. The van der Waals surface area contributed by atoms with Crippen LogP contribution in [-0.2, 0) is 6.54 Å². The molecule has 8 nitrogen and oxygen atoms in total. The van der Waals surface area contributed by atoms with Gasteiger partial charge in [0.1, 0.15) is 24.2 Å². The fourth-order valence-corrected chi connectivity index (χ4v) is 3.42. The van der Waals surface area contributed by atoms with E-state index >= 15 is 0 Å². The minimum absolute atomic E-state index is 0.0110. The number of anilines is 1. The zero-order valence-electron chi connectivity index (χ0n) is 15.6. The monoisotopic (exact) mass is 377 g/mol. The molecular formula is C20H23N7O. The van der Waals surface area contributed by atoms with Gasteiger partial charge in [-0.2, -0.15) is 5.10 Å². The van der Waals surface area contributed by atoms with Crippen LogP contribution >= 0.6 is 0 Å². The molecule has 8 heteroatoms. The first-order valence-electron chi connectivity index (χ1n) is 9.55. The molecular weight excluding hydrogens is 354 g/mol. The number of likely N-dealkylation sites (tertiary alicyclic amines) is 1. The molecule has 0 bridgehead atoms. The molecule has 1 aliphatic rings. The van der Waals surface area contributed by atoms with E-state index in [9.17, 15) is 4.79 Å². The summed E-state index contributed by atoms with van der Waals surface area (Å²) in [5.74, 6) is 0.546. The van der Waals surface area contributed by atoms with Gasteiger partial charge in [-0.15, -0.1) is 0 Å². The quantitative estimate of drug-likeness (QED) is 0.681. The molecule has 0 aliphatic carbocycles. The molecule has 4 rings (SSSR count). The first kappa shape index (κ1) is 18.1. The normalized spacial score (nSPS) is 14.8. The lowest BCUT2D eigenvalue weighted by Crippen LogP contribution is -2.28. The molecule has 1 aromatic carbocycles. The standard InChI is InChI=1S/C20H23N7O/c28-20(26-9-4-5-10-26)18-12-21-13-19(25-18)24-17(16-6-2-1-3-7-16)8-11-27-15-22-14-23-27/h1-3,6-7,12-15,17H,4-5,8-11H2,(H,24,25). The van der Waals surface area contributed by atoms with Gasteiger partial charge in [0.15, 0.2) is 0 Å². The first-order valence-corrected chi connectivity index (χ1v) is 9.55. The van der Waals surface area contributed by atoms with Gasteiger partial charge < -0.3 is 10.2 Å². The van der Waals surface area contributed by atoms with E-state index in [4.69, 9.17) is 0 Å². The van der Waals surface area contributed by atoms with Gasteiger partial charge in [-0.25, -0.2) is 9.97 Å². The van der Waals surface area contributed by atoms with Crippen molar-refractivity contribution >= 4 is 11.7 Å². The van der Waals surface area contributed by atoms with Crippen molar-refractivity contribution in [3.05, 3.63) is 66.6 Å². The molecule has 1 atom stereocenters. The summed E-state index contributed by atoms with van der Waals surface area (Å²) in [4.78, 5) is 27.2. The maximum absolute atomic E-state index is 12.6. The second-order valence-electron chi connectivity index (χ2n) is 6.84. The molecule has 1 fully saturated rings. The first-order chi connectivity index (χ1) is 13.8. The third-order valence-electron chi connectivity index (χ3n) is 4.88. The van der Waals surface area contributed by atoms with Gasteiger partial charge in [-0.1, -0.05) is 30.3 Å². The zero-order valence-corrected chi connectivity index (χ0v) is 15.6. The average Bonchev–Trinajstić information content (AvgIpc) is 3.45. The molecule has 0 saturated carbocycles. The third-order valence-corrected chi connectivity index (χ3v) is 4.88.